The molecule has 1 saturated heterocycles. The summed E-state index contributed by atoms with van der Waals surface area (Å²) in [6.45, 7) is 5.41. The van der Waals surface area contributed by atoms with Crippen molar-refractivity contribution in [2.45, 2.75) is 44.4 Å². The molecule has 1 fully saturated rings. The van der Waals surface area contributed by atoms with Gasteiger partial charge >= 0.3 is 0 Å². The number of aromatic amines is 1. The SMILES string of the molecule is N#Cc1cnc(C(=O)Nc2ccc(C3CCN(CCOCCOCCN=[N+]=[N-])CC3)cc2C2=CCCCC2)[nH]1. The number of likely N-dealkylation sites (tertiary alicyclic amines) is 1. The summed E-state index contributed by atoms with van der Waals surface area (Å²) in [6, 6.07) is 8.38. The smallest absolute Gasteiger partial charge is 0.291 e. The number of H-pyrrole nitrogens is 1. The van der Waals surface area contributed by atoms with Gasteiger partial charge in [-0.15, -0.1) is 0 Å². The minimum absolute atomic E-state index is 0.133. The van der Waals surface area contributed by atoms with E-state index in [0.29, 0.717) is 38.9 Å². The molecule has 1 aromatic carbocycles. The van der Waals surface area contributed by atoms with Crippen LogP contribution in [0.2, 0.25) is 0 Å². The Morgan fingerprint density at radius 2 is 2.05 bits per heavy atom. The number of benzene rings is 1. The van der Waals surface area contributed by atoms with E-state index in [1.165, 1.54) is 23.8 Å². The van der Waals surface area contributed by atoms with Gasteiger partial charge in [-0.05, 0) is 86.3 Å². The number of ether oxygens (including phenoxy) is 2. The molecule has 2 N–H and O–H groups in total. The summed E-state index contributed by atoms with van der Waals surface area (Å²) >= 11 is 0. The van der Waals surface area contributed by atoms with Gasteiger partial charge in [-0.3, -0.25) is 4.79 Å². The topological polar surface area (TPSA) is 152 Å². The Morgan fingerprint density at radius 3 is 2.77 bits per heavy atom. The average Bonchev–Trinajstić information content (AvgIpc) is 3.47. The summed E-state index contributed by atoms with van der Waals surface area (Å²) in [7, 11) is 0. The third-order valence-corrected chi connectivity index (χ3v) is 7.22. The number of nitrogens with zero attached hydrogens (tertiary/aromatic N) is 6. The van der Waals surface area contributed by atoms with Crippen molar-refractivity contribution in [3.63, 3.8) is 0 Å². The molecule has 0 bridgehead atoms. The van der Waals surface area contributed by atoms with Crippen LogP contribution in [-0.4, -0.2) is 73.4 Å². The fourth-order valence-electron chi connectivity index (χ4n) is 5.10. The lowest BCUT2D eigenvalue weighted by atomic mass is 9.85. The summed E-state index contributed by atoms with van der Waals surface area (Å²) in [6.07, 6.45) is 10.2. The number of hydrogen-bond donors (Lipinski definition) is 2. The minimum atomic E-state index is -0.350. The summed E-state index contributed by atoms with van der Waals surface area (Å²) in [5, 5.41) is 15.5. The Morgan fingerprint density at radius 1 is 1.23 bits per heavy atom. The highest BCUT2D eigenvalue weighted by Gasteiger charge is 2.23. The van der Waals surface area contributed by atoms with Crippen LogP contribution in [0.5, 0.6) is 0 Å². The van der Waals surface area contributed by atoms with Gasteiger partial charge in [-0.1, -0.05) is 17.3 Å². The van der Waals surface area contributed by atoms with E-state index in [4.69, 9.17) is 20.3 Å². The van der Waals surface area contributed by atoms with Crippen LogP contribution in [0.15, 0.2) is 35.6 Å². The van der Waals surface area contributed by atoms with Gasteiger partial charge < -0.3 is 24.7 Å². The predicted octanol–water partition coefficient (Wildman–Crippen LogP) is 5.01. The second kappa shape index (κ2) is 15.0. The van der Waals surface area contributed by atoms with Crippen molar-refractivity contribution in [1.82, 2.24) is 14.9 Å². The van der Waals surface area contributed by atoms with Crippen LogP contribution in [0.25, 0.3) is 16.0 Å². The molecule has 1 aliphatic heterocycles. The largest absolute Gasteiger partial charge is 0.379 e. The molecule has 1 aliphatic carbocycles. The van der Waals surface area contributed by atoms with Gasteiger partial charge in [0.15, 0.2) is 5.82 Å². The van der Waals surface area contributed by atoms with Gasteiger partial charge in [0.25, 0.3) is 5.91 Å². The van der Waals surface area contributed by atoms with Gasteiger partial charge in [0.2, 0.25) is 0 Å². The molecule has 0 saturated carbocycles. The highest BCUT2D eigenvalue weighted by Crippen LogP contribution is 2.36. The summed E-state index contributed by atoms with van der Waals surface area (Å²) < 4.78 is 11.0. The number of piperidine rings is 1. The number of nitrogens with one attached hydrogen (secondary N) is 2. The fourth-order valence-corrected chi connectivity index (χ4v) is 5.10. The number of azide groups is 1. The minimum Gasteiger partial charge on any atom is -0.379 e. The van der Waals surface area contributed by atoms with Crippen molar-refractivity contribution < 1.29 is 14.3 Å². The Bertz CT molecular complexity index is 1220. The lowest BCUT2D eigenvalue weighted by Gasteiger charge is -2.32. The number of nitriles is 1. The van der Waals surface area contributed by atoms with E-state index in [1.807, 2.05) is 12.1 Å². The maximum Gasteiger partial charge on any atom is 0.291 e. The van der Waals surface area contributed by atoms with E-state index >= 15 is 0 Å². The monoisotopic (exact) mass is 532 g/mol. The molecular weight excluding hydrogens is 496 g/mol. The van der Waals surface area contributed by atoms with E-state index < -0.39 is 0 Å². The van der Waals surface area contributed by atoms with E-state index in [-0.39, 0.29) is 17.4 Å². The zero-order valence-electron chi connectivity index (χ0n) is 22.3. The van der Waals surface area contributed by atoms with Gasteiger partial charge in [0, 0.05) is 29.3 Å². The molecule has 2 aromatic rings. The van der Waals surface area contributed by atoms with Crippen molar-refractivity contribution >= 4 is 17.2 Å². The molecule has 11 nitrogen and oxygen atoms in total. The first-order valence-electron chi connectivity index (χ1n) is 13.7. The number of hydrogen-bond acceptors (Lipinski definition) is 7. The normalized spacial score (nSPS) is 16.2. The van der Waals surface area contributed by atoms with Gasteiger partial charge in [0.1, 0.15) is 11.8 Å². The Hall–Kier alpha value is -3.68. The highest BCUT2D eigenvalue weighted by atomic mass is 16.5. The number of anilines is 1. The van der Waals surface area contributed by atoms with E-state index in [2.05, 4.69) is 48.4 Å². The van der Waals surface area contributed by atoms with Crippen LogP contribution >= 0.6 is 0 Å². The Balaban J connectivity index is 1.30. The molecule has 4 rings (SSSR count). The fraction of sp³-hybridized carbons (Fsp3) is 0.536. The quantitative estimate of drug-likeness (QED) is 0.160. The van der Waals surface area contributed by atoms with Gasteiger partial charge in [-0.25, -0.2) is 4.98 Å². The molecule has 39 heavy (non-hydrogen) atoms. The predicted molar refractivity (Wildman–Crippen MR) is 148 cm³/mol. The third-order valence-electron chi connectivity index (χ3n) is 7.22. The first-order chi connectivity index (χ1) is 19.2. The molecule has 2 aliphatic rings. The lowest BCUT2D eigenvalue weighted by molar-refractivity contribution is 0.0383. The maximum absolute atomic E-state index is 12.8. The number of amides is 1. The van der Waals surface area contributed by atoms with Crippen LogP contribution in [0.4, 0.5) is 5.69 Å². The highest BCUT2D eigenvalue weighted by molar-refractivity contribution is 6.03. The standard InChI is InChI=1S/C28H36N8O3/c29-19-24-20-31-27(33-24)28(37)34-26-7-6-23(18-25(26)22-4-2-1-3-5-22)21-8-11-36(12-9-21)13-15-39-17-16-38-14-10-32-35-30/h4,6-7,18,20-21H,1-3,5,8-17H2,(H,31,33)(H,34,37). The molecule has 0 unspecified atom stereocenters. The molecule has 1 aromatic heterocycles. The van der Waals surface area contributed by atoms with Crippen molar-refractivity contribution in [3.05, 3.63) is 63.6 Å². The molecule has 0 radical (unpaired) electrons. The van der Waals surface area contributed by atoms with Crippen LogP contribution in [0, 0.1) is 11.3 Å². The zero-order valence-corrected chi connectivity index (χ0v) is 22.3. The van der Waals surface area contributed by atoms with E-state index in [0.717, 1.165) is 63.0 Å². The van der Waals surface area contributed by atoms with Crippen LogP contribution < -0.4 is 5.32 Å². The molecule has 1 amide bonds. The van der Waals surface area contributed by atoms with Gasteiger partial charge in [-0.2, -0.15) is 5.26 Å². The average molecular weight is 533 g/mol. The first-order valence-corrected chi connectivity index (χ1v) is 13.7. The summed E-state index contributed by atoms with van der Waals surface area (Å²) in [4.78, 5) is 24.7. The molecule has 0 atom stereocenters. The second-order valence-electron chi connectivity index (χ2n) is 9.79. The number of aromatic nitrogens is 2. The number of rotatable bonds is 13. The summed E-state index contributed by atoms with van der Waals surface area (Å²) in [5.41, 5.74) is 13.0. The number of allylic oxidation sites excluding steroid dienone is 2. The van der Waals surface area contributed by atoms with Crippen LogP contribution in [0.3, 0.4) is 0 Å². The molecule has 0 spiro atoms. The van der Waals surface area contributed by atoms with Crippen LogP contribution in [0.1, 0.15) is 71.9 Å². The van der Waals surface area contributed by atoms with E-state index in [1.54, 1.807) is 0 Å². The number of carbonyl (C=O) groups excluding carboxylic acids is 1. The van der Waals surface area contributed by atoms with Crippen molar-refractivity contribution in [2.75, 3.05) is 57.9 Å². The third kappa shape index (κ3) is 8.40. The Kier molecular flexibility index (Phi) is 10.9. The maximum atomic E-state index is 12.8. The van der Waals surface area contributed by atoms with Gasteiger partial charge in [0.05, 0.1) is 32.6 Å². The number of carbonyl (C=O) groups is 1. The van der Waals surface area contributed by atoms with Crippen molar-refractivity contribution in [1.29, 1.82) is 5.26 Å². The molecule has 206 valence electrons. The summed E-state index contributed by atoms with van der Waals surface area (Å²) in [5.74, 6) is 0.258. The Labute approximate surface area is 228 Å². The molecule has 2 heterocycles. The molecule has 11 heteroatoms. The number of imidazole rings is 1. The van der Waals surface area contributed by atoms with Crippen molar-refractivity contribution in [3.8, 4) is 6.07 Å². The first kappa shape index (κ1) is 28.3. The lowest BCUT2D eigenvalue weighted by Crippen LogP contribution is -2.35. The van der Waals surface area contributed by atoms with Crippen LogP contribution in [-0.2, 0) is 9.47 Å². The van der Waals surface area contributed by atoms with Crippen molar-refractivity contribution in [2.24, 2.45) is 5.11 Å². The second-order valence-corrected chi connectivity index (χ2v) is 9.79. The van der Waals surface area contributed by atoms with E-state index in [9.17, 15) is 4.79 Å². The zero-order chi connectivity index (χ0) is 27.3. The molecular formula is C28H36N8O3.